The Bertz CT molecular complexity index is 509. The van der Waals surface area contributed by atoms with Gasteiger partial charge in [0.05, 0.1) is 12.2 Å². The highest BCUT2D eigenvalue weighted by Gasteiger charge is 2.06. The summed E-state index contributed by atoms with van der Waals surface area (Å²) in [6.07, 6.45) is 3.69. The van der Waals surface area contributed by atoms with Gasteiger partial charge >= 0.3 is 5.97 Å². The molecule has 19 heavy (non-hydrogen) atoms. The van der Waals surface area contributed by atoms with Gasteiger partial charge in [0, 0.05) is 19.2 Å². The first kappa shape index (κ1) is 13.0. The van der Waals surface area contributed by atoms with Crippen molar-refractivity contribution in [2.24, 2.45) is 0 Å². The molecule has 0 aliphatic heterocycles. The van der Waals surface area contributed by atoms with Gasteiger partial charge in [0.2, 0.25) is 0 Å². The Labute approximate surface area is 110 Å². The van der Waals surface area contributed by atoms with Crippen LogP contribution in [0.4, 0.5) is 5.82 Å². The Morgan fingerprint density at radius 2 is 2.32 bits per heavy atom. The summed E-state index contributed by atoms with van der Waals surface area (Å²) in [4.78, 5) is 19.6. The minimum absolute atomic E-state index is 0.357. The van der Waals surface area contributed by atoms with Gasteiger partial charge in [-0.05, 0) is 19.1 Å². The number of rotatable bonds is 6. The number of nitrogens with one attached hydrogen (secondary N) is 2. The molecule has 0 saturated heterocycles. The largest absolute Gasteiger partial charge is 0.462 e. The van der Waals surface area contributed by atoms with Crippen molar-refractivity contribution in [1.82, 2.24) is 20.2 Å². The first-order chi connectivity index (χ1) is 9.29. The molecular formula is C12H15N5O2. The quantitative estimate of drug-likeness (QED) is 0.754. The van der Waals surface area contributed by atoms with Gasteiger partial charge in [0.25, 0.3) is 0 Å². The van der Waals surface area contributed by atoms with Crippen LogP contribution < -0.4 is 5.32 Å². The number of hydrogen-bond acceptors (Lipinski definition) is 6. The maximum absolute atomic E-state index is 11.4. The predicted molar refractivity (Wildman–Crippen MR) is 68.8 cm³/mol. The fourth-order valence-corrected chi connectivity index (χ4v) is 1.49. The second-order valence-electron chi connectivity index (χ2n) is 3.76. The van der Waals surface area contributed by atoms with Crippen molar-refractivity contribution >= 4 is 11.8 Å². The number of nitrogens with zero attached hydrogens (tertiary/aromatic N) is 3. The summed E-state index contributed by atoms with van der Waals surface area (Å²) in [5, 5.41) is 9.67. The summed E-state index contributed by atoms with van der Waals surface area (Å²) in [5.41, 5.74) is 0.447. The highest BCUT2D eigenvalue weighted by molar-refractivity contribution is 5.89. The number of anilines is 1. The predicted octanol–water partition coefficient (Wildman–Crippen LogP) is 1.03. The van der Waals surface area contributed by atoms with Gasteiger partial charge in [-0.2, -0.15) is 5.10 Å². The fraction of sp³-hybridized carbons (Fsp3) is 0.333. The highest BCUT2D eigenvalue weighted by atomic mass is 16.5. The van der Waals surface area contributed by atoms with Gasteiger partial charge in [0.15, 0.2) is 0 Å². The summed E-state index contributed by atoms with van der Waals surface area (Å²) in [6.45, 7) is 2.81. The van der Waals surface area contributed by atoms with Crippen LogP contribution in [0.25, 0.3) is 0 Å². The third kappa shape index (κ3) is 3.77. The molecule has 0 unspecified atom stereocenters. The third-order valence-corrected chi connectivity index (χ3v) is 2.41. The van der Waals surface area contributed by atoms with Crippen LogP contribution in [0.2, 0.25) is 0 Å². The van der Waals surface area contributed by atoms with Gasteiger partial charge in [0.1, 0.15) is 18.0 Å². The third-order valence-electron chi connectivity index (χ3n) is 2.41. The zero-order chi connectivity index (χ0) is 13.5. The van der Waals surface area contributed by atoms with Crippen LogP contribution in [0.1, 0.15) is 23.1 Å². The molecule has 0 aliphatic carbocycles. The second-order valence-corrected chi connectivity index (χ2v) is 3.76. The minimum atomic E-state index is -0.358. The van der Waals surface area contributed by atoms with E-state index in [2.05, 4.69) is 25.5 Å². The van der Waals surface area contributed by atoms with Gasteiger partial charge in [-0.25, -0.2) is 14.8 Å². The molecule has 0 saturated carbocycles. The molecular weight excluding hydrogens is 246 g/mol. The Morgan fingerprint density at radius 3 is 2.95 bits per heavy atom. The van der Waals surface area contributed by atoms with Gasteiger partial charge in [-0.3, -0.25) is 5.10 Å². The van der Waals surface area contributed by atoms with Crippen LogP contribution in [-0.4, -0.2) is 39.3 Å². The van der Waals surface area contributed by atoms with E-state index in [1.54, 1.807) is 19.1 Å². The molecule has 2 N–H and O–H groups in total. The smallest absolute Gasteiger partial charge is 0.339 e. The Hall–Kier alpha value is -2.44. The zero-order valence-corrected chi connectivity index (χ0v) is 10.6. The van der Waals surface area contributed by atoms with E-state index < -0.39 is 0 Å². The summed E-state index contributed by atoms with van der Waals surface area (Å²) in [6, 6.07) is 3.43. The van der Waals surface area contributed by atoms with E-state index in [1.807, 2.05) is 0 Å². The molecule has 0 bridgehead atoms. The molecule has 7 heteroatoms. The number of pyridine rings is 1. The molecule has 0 amide bonds. The van der Waals surface area contributed by atoms with Crippen molar-refractivity contribution in [1.29, 1.82) is 0 Å². The lowest BCUT2D eigenvalue weighted by Crippen LogP contribution is -2.09. The monoisotopic (exact) mass is 261 g/mol. The van der Waals surface area contributed by atoms with Crippen LogP contribution in [-0.2, 0) is 11.2 Å². The molecule has 0 spiro atoms. The van der Waals surface area contributed by atoms with Crippen molar-refractivity contribution in [3.8, 4) is 0 Å². The van der Waals surface area contributed by atoms with E-state index in [-0.39, 0.29) is 5.97 Å². The Morgan fingerprint density at radius 1 is 1.42 bits per heavy atom. The molecule has 0 fully saturated rings. The van der Waals surface area contributed by atoms with Gasteiger partial charge < -0.3 is 10.1 Å². The molecule has 100 valence electrons. The van der Waals surface area contributed by atoms with Crippen LogP contribution in [0.5, 0.6) is 0 Å². The summed E-state index contributed by atoms with van der Waals surface area (Å²) < 4.78 is 4.88. The number of hydrogen-bond donors (Lipinski definition) is 2. The molecule has 2 heterocycles. The molecule has 0 atom stereocenters. The van der Waals surface area contributed by atoms with Crippen LogP contribution in [0, 0.1) is 0 Å². The average Bonchev–Trinajstić information content (AvgIpc) is 2.93. The topological polar surface area (TPSA) is 92.8 Å². The maximum atomic E-state index is 11.4. The highest BCUT2D eigenvalue weighted by Crippen LogP contribution is 2.06. The van der Waals surface area contributed by atoms with Crippen LogP contribution in [0.15, 0.2) is 24.7 Å². The van der Waals surface area contributed by atoms with Crippen LogP contribution in [0.3, 0.4) is 0 Å². The number of esters is 1. The molecule has 0 aliphatic rings. The molecule has 0 aromatic carbocycles. The second kappa shape index (κ2) is 6.48. The zero-order valence-electron chi connectivity index (χ0n) is 10.6. The average molecular weight is 261 g/mol. The van der Waals surface area contributed by atoms with Crippen molar-refractivity contribution in [2.45, 2.75) is 13.3 Å². The SMILES string of the molecule is CCOC(=O)c1ccc(NCCc2ncn[nH]2)nc1. The fourth-order valence-electron chi connectivity index (χ4n) is 1.49. The van der Waals surface area contributed by atoms with Gasteiger partial charge in [-0.1, -0.05) is 0 Å². The standard InChI is InChI=1S/C12H15N5O2/c1-2-19-12(18)9-3-4-10(14-7-9)13-6-5-11-15-8-16-17-11/h3-4,7-8H,2,5-6H2,1H3,(H,13,14)(H,15,16,17). The van der Waals surface area contributed by atoms with E-state index in [1.165, 1.54) is 12.5 Å². The molecule has 2 aromatic rings. The number of H-pyrrole nitrogens is 1. The van der Waals surface area contributed by atoms with Crippen molar-refractivity contribution in [3.63, 3.8) is 0 Å². The molecule has 2 aromatic heterocycles. The lowest BCUT2D eigenvalue weighted by atomic mass is 10.3. The Balaban J connectivity index is 1.83. The number of carbonyl (C=O) groups excluding carboxylic acids is 1. The number of carbonyl (C=O) groups is 1. The lowest BCUT2D eigenvalue weighted by molar-refractivity contribution is 0.0526. The number of aromatic amines is 1. The first-order valence-corrected chi connectivity index (χ1v) is 6.01. The molecule has 0 radical (unpaired) electrons. The minimum Gasteiger partial charge on any atom is -0.462 e. The first-order valence-electron chi connectivity index (χ1n) is 6.01. The number of aromatic nitrogens is 4. The van der Waals surface area contributed by atoms with E-state index in [0.29, 0.717) is 24.5 Å². The van der Waals surface area contributed by atoms with E-state index in [4.69, 9.17) is 4.74 Å². The molecule has 7 nitrogen and oxygen atoms in total. The summed E-state index contributed by atoms with van der Waals surface area (Å²) >= 11 is 0. The van der Waals surface area contributed by atoms with E-state index in [0.717, 1.165) is 12.2 Å². The number of ether oxygens (including phenoxy) is 1. The van der Waals surface area contributed by atoms with E-state index in [9.17, 15) is 4.79 Å². The summed E-state index contributed by atoms with van der Waals surface area (Å²) in [5.74, 6) is 1.16. The van der Waals surface area contributed by atoms with Crippen LogP contribution >= 0.6 is 0 Å². The van der Waals surface area contributed by atoms with Crippen molar-refractivity contribution in [2.75, 3.05) is 18.5 Å². The van der Waals surface area contributed by atoms with Gasteiger partial charge in [-0.15, -0.1) is 0 Å². The maximum Gasteiger partial charge on any atom is 0.339 e. The van der Waals surface area contributed by atoms with Crippen molar-refractivity contribution < 1.29 is 9.53 Å². The van der Waals surface area contributed by atoms with E-state index >= 15 is 0 Å². The lowest BCUT2D eigenvalue weighted by Gasteiger charge is -2.05. The molecule has 2 rings (SSSR count). The van der Waals surface area contributed by atoms with Crippen molar-refractivity contribution in [3.05, 3.63) is 36.0 Å². The normalized spacial score (nSPS) is 10.2. The summed E-state index contributed by atoms with van der Waals surface area (Å²) in [7, 11) is 0. The Kier molecular flexibility index (Phi) is 4.44.